The summed E-state index contributed by atoms with van der Waals surface area (Å²) in [6.45, 7) is 2.56. The molecular formula is C19H23N3O2. The fraction of sp³-hybridized carbons (Fsp3) is 0.316. The summed E-state index contributed by atoms with van der Waals surface area (Å²) in [5.74, 6) is 1.45. The van der Waals surface area contributed by atoms with Crippen molar-refractivity contribution in [1.82, 2.24) is 0 Å². The standard InChI is InChI=1S/C19H23N3O2/c1-13-6-4-5-7-16(13)22-17(11-15(12-20)21-22)14-8-9-18(23-2)19(10-14)24-3/h4-10,17H,11-12,20H2,1-3H3. The molecule has 0 bridgehead atoms. The molecule has 1 atom stereocenters. The summed E-state index contributed by atoms with van der Waals surface area (Å²) in [6.07, 6.45) is 0.806. The Kier molecular flexibility index (Phi) is 4.71. The number of aryl methyl sites for hydroxylation is 1. The van der Waals surface area contributed by atoms with Crippen LogP contribution in [0.4, 0.5) is 5.69 Å². The van der Waals surface area contributed by atoms with Gasteiger partial charge in [0, 0.05) is 13.0 Å². The maximum Gasteiger partial charge on any atom is 0.161 e. The molecule has 126 valence electrons. The number of hydrogen-bond acceptors (Lipinski definition) is 5. The van der Waals surface area contributed by atoms with E-state index in [-0.39, 0.29) is 6.04 Å². The van der Waals surface area contributed by atoms with Gasteiger partial charge in [-0.3, -0.25) is 5.01 Å². The third-order valence-electron chi connectivity index (χ3n) is 4.36. The Morgan fingerprint density at radius 2 is 1.88 bits per heavy atom. The number of benzene rings is 2. The fourth-order valence-corrected chi connectivity index (χ4v) is 3.06. The molecule has 0 aliphatic carbocycles. The normalized spacial score (nSPS) is 16.9. The Bertz CT molecular complexity index is 758. The van der Waals surface area contributed by atoms with Crippen LogP contribution in [0.2, 0.25) is 0 Å². The Labute approximate surface area is 142 Å². The first-order valence-corrected chi connectivity index (χ1v) is 8.01. The number of nitrogens with two attached hydrogens (primary N) is 1. The van der Waals surface area contributed by atoms with E-state index in [0.717, 1.165) is 34.9 Å². The van der Waals surface area contributed by atoms with E-state index in [0.29, 0.717) is 6.54 Å². The van der Waals surface area contributed by atoms with Gasteiger partial charge in [0.15, 0.2) is 11.5 Å². The summed E-state index contributed by atoms with van der Waals surface area (Å²) in [4.78, 5) is 0. The summed E-state index contributed by atoms with van der Waals surface area (Å²) in [5.41, 5.74) is 10.3. The van der Waals surface area contributed by atoms with Crippen molar-refractivity contribution in [2.75, 3.05) is 25.8 Å². The van der Waals surface area contributed by atoms with Gasteiger partial charge in [-0.1, -0.05) is 24.3 Å². The zero-order valence-electron chi connectivity index (χ0n) is 14.3. The average molecular weight is 325 g/mol. The summed E-state index contributed by atoms with van der Waals surface area (Å²) in [7, 11) is 3.29. The molecule has 1 aliphatic heterocycles. The van der Waals surface area contributed by atoms with Crippen LogP contribution in [0.1, 0.15) is 23.6 Å². The van der Waals surface area contributed by atoms with Gasteiger partial charge in [0.05, 0.1) is 31.7 Å². The largest absolute Gasteiger partial charge is 0.493 e. The summed E-state index contributed by atoms with van der Waals surface area (Å²) in [5, 5.41) is 6.81. The number of hydrazone groups is 1. The fourth-order valence-electron chi connectivity index (χ4n) is 3.06. The molecule has 0 aromatic heterocycles. The lowest BCUT2D eigenvalue weighted by Gasteiger charge is -2.26. The van der Waals surface area contributed by atoms with E-state index in [9.17, 15) is 0 Å². The molecule has 0 fully saturated rings. The maximum absolute atomic E-state index is 5.85. The smallest absolute Gasteiger partial charge is 0.161 e. The number of ether oxygens (including phenoxy) is 2. The van der Waals surface area contributed by atoms with E-state index in [2.05, 4.69) is 30.1 Å². The number of anilines is 1. The second-order valence-corrected chi connectivity index (χ2v) is 5.84. The molecule has 0 spiro atoms. The number of para-hydroxylation sites is 1. The zero-order valence-corrected chi connectivity index (χ0v) is 14.3. The highest BCUT2D eigenvalue weighted by atomic mass is 16.5. The van der Waals surface area contributed by atoms with Crippen LogP contribution < -0.4 is 20.2 Å². The van der Waals surface area contributed by atoms with Crippen molar-refractivity contribution in [2.45, 2.75) is 19.4 Å². The summed E-state index contributed by atoms with van der Waals surface area (Å²) >= 11 is 0. The van der Waals surface area contributed by atoms with E-state index < -0.39 is 0 Å². The number of methoxy groups -OCH3 is 2. The molecule has 5 nitrogen and oxygen atoms in total. The van der Waals surface area contributed by atoms with Gasteiger partial charge in [-0.2, -0.15) is 5.10 Å². The maximum atomic E-state index is 5.85. The Balaban J connectivity index is 2.01. The molecule has 1 heterocycles. The van der Waals surface area contributed by atoms with Gasteiger partial charge in [-0.05, 0) is 36.2 Å². The van der Waals surface area contributed by atoms with Crippen LogP contribution in [0, 0.1) is 6.92 Å². The lowest BCUT2D eigenvalue weighted by molar-refractivity contribution is 0.354. The quantitative estimate of drug-likeness (QED) is 0.916. The van der Waals surface area contributed by atoms with Crippen molar-refractivity contribution in [3.63, 3.8) is 0 Å². The molecule has 1 unspecified atom stereocenters. The zero-order chi connectivity index (χ0) is 17.1. The summed E-state index contributed by atoms with van der Waals surface area (Å²) in [6, 6.07) is 14.4. The minimum atomic E-state index is 0.101. The molecule has 0 saturated carbocycles. The van der Waals surface area contributed by atoms with Crippen LogP contribution in [-0.4, -0.2) is 26.5 Å². The lowest BCUT2D eigenvalue weighted by atomic mass is 10.00. The van der Waals surface area contributed by atoms with Crippen molar-refractivity contribution in [1.29, 1.82) is 0 Å². The first-order chi connectivity index (χ1) is 11.7. The summed E-state index contributed by atoms with van der Waals surface area (Å²) < 4.78 is 10.8. The van der Waals surface area contributed by atoms with Crippen molar-refractivity contribution in [3.05, 3.63) is 53.6 Å². The SMILES string of the molecule is COc1ccc(C2CC(CN)=NN2c2ccccc2C)cc1OC. The minimum Gasteiger partial charge on any atom is -0.493 e. The van der Waals surface area contributed by atoms with Gasteiger partial charge in [0.25, 0.3) is 0 Å². The average Bonchev–Trinajstić information content (AvgIpc) is 3.05. The molecular weight excluding hydrogens is 302 g/mol. The van der Waals surface area contributed by atoms with E-state index in [4.69, 9.17) is 20.3 Å². The van der Waals surface area contributed by atoms with E-state index >= 15 is 0 Å². The molecule has 2 aromatic carbocycles. The first-order valence-electron chi connectivity index (χ1n) is 8.01. The van der Waals surface area contributed by atoms with Crippen molar-refractivity contribution in [2.24, 2.45) is 10.8 Å². The van der Waals surface area contributed by atoms with Crippen molar-refractivity contribution in [3.8, 4) is 11.5 Å². The highest BCUT2D eigenvalue weighted by Gasteiger charge is 2.30. The van der Waals surface area contributed by atoms with Crippen molar-refractivity contribution < 1.29 is 9.47 Å². The Morgan fingerprint density at radius 3 is 2.54 bits per heavy atom. The molecule has 0 saturated heterocycles. The molecule has 0 radical (unpaired) electrons. The van der Waals surface area contributed by atoms with E-state index in [1.54, 1.807) is 14.2 Å². The molecule has 2 N–H and O–H groups in total. The van der Waals surface area contributed by atoms with Crippen LogP contribution >= 0.6 is 0 Å². The lowest BCUT2D eigenvalue weighted by Crippen LogP contribution is -2.19. The first kappa shape index (κ1) is 16.3. The highest BCUT2D eigenvalue weighted by molar-refractivity contribution is 5.90. The molecule has 5 heteroatoms. The predicted molar refractivity (Wildman–Crippen MR) is 97.1 cm³/mol. The van der Waals surface area contributed by atoms with Crippen LogP contribution in [0.5, 0.6) is 11.5 Å². The Hall–Kier alpha value is -2.53. The van der Waals surface area contributed by atoms with Crippen LogP contribution in [0.25, 0.3) is 0 Å². The predicted octanol–water partition coefficient (Wildman–Crippen LogP) is 3.28. The molecule has 2 aromatic rings. The van der Waals surface area contributed by atoms with Gasteiger partial charge >= 0.3 is 0 Å². The van der Waals surface area contributed by atoms with Crippen LogP contribution in [0.3, 0.4) is 0 Å². The molecule has 1 aliphatic rings. The van der Waals surface area contributed by atoms with Gasteiger partial charge in [0.1, 0.15) is 0 Å². The minimum absolute atomic E-state index is 0.101. The Morgan fingerprint density at radius 1 is 1.12 bits per heavy atom. The van der Waals surface area contributed by atoms with Gasteiger partial charge < -0.3 is 15.2 Å². The molecule has 24 heavy (non-hydrogen) atoms. The molecule has 3 rings (SSSR count). The number of hydrogen-bond donors (Lipinski definition) is 1. The topological polar surface area (TPSA) is 60.1 Å². The third-order valence-corrected chi connectivity index (χ3v) is 4.36. The van der Waals surface area contributed by atoms with Crippen LogP contribution in [-0.2, 0) is 0 Å². The van der Waals surface area contributed by atoms with Gasteiger partial charge in [-0.15, -0.1) is 0 Å². The second kappa shape index (κ2) is 6.93. The number of rotatable bonds is 5. The molecule has 0 amide bonds. The monoisotopic (exact) mass is 325 g/mol. The second-order valence-electron chi connectivity index (χ2n) is 5.84. The van der Waals surface area contributed by atoms with E-state index in [1.807, 2.05) is 24.3 Å². The van der Waals surface area contributed by atoms with E-state index in [1.165, 1.54) is 5.56 Å². The van der Waals surface area contributed by atoms with Crippen LogP contribution in [0.15, 0.2) is 47.6 Å². The number of nitrogens with zero attached hydrogens (tertiary/aromatic N) is 2. The van der Waals surface area contributed by atoms with Gasteiger partial charge in [0.2, 0.25) is 0 Å². The third kappa shape index (κ3) is 2.95. The highest BCUT2D eigenvalue weighted by Crippen LogP contribution is 2.39. The van der Waals surface area contributed by atoms with Crippen molar-refractivity contribution >= 4 is 11.4 Å². The van der Waals surface area contributed by atoms with Gasteiger partial charge in [-0.25, -0.2) is 0 Å².